The minimum Gasteiger partial charge on any atom is -0.340 e. The van der Waals surface area contributed by atoms with Gasteiger partial charge in [0, 0.05) is 11.8 Å². The molecule has 0 amide bonds. The normalized spacial score (nSPS) is 14.1. The molecular formula is C19H15BrN4O3S. The van der Waals surface area contributed by atoms with Crippen LogP contribution in [0.3, 0.4) is 0 Å². The maximum atomic E-state index is 11.2. The molecule has 1 aliphatic rings. The molecule has 9 heteroatoms. The molecule has 1 aromatic carbocycles. The average Bonchev–Trinajstić information content (AvgIpc) is 2.87. The molecule has 0 spiro atoms. The van der Waals surface area contributed by atoms with Crippen molar-refractivity contribution in [3.8, 4) is 0 Å². The number of fused-ring (bicyclic) bond motifs is 1. The molecule has 1 aliphatic carbocycles. The van der Waals surface area contributed by atoms with Crippen LogP contribution < -0.4 is 5.32 Å². The van der Waals surface area contributed by atoms with Gasteiger partial charge >= 0.3 is 0 Å². The van der Waals surface area contributed by atoms with Gasteiger partial charge in [0.2, 0.25) is 0 Å². The van der Waals surface area contributed by atoms with E-state index in [4.69, 9.17) is 9.54 Å². The minimum absolute atomic E-state index is 0.165. The molecule has 28 heavy (non-hydrogen) atoms. The Kier molecular flexibility index (Phi) is 4.88. The van der Waals surface area contributed by atoms with Gasteiger partial charge in [-0.15, -0.1) is 0 Å². The second-order valence-electron chi connectivity index (χ2n) is 6.06. The van der Waals surface area contributed by atoms with E-state index in [1.807, 2.05) is 24.3 Å². The van der Waals surface area contributed by atoms with Crippen molar-refractivity contribution in [3.05, 3.63) is 77.1 Å². The molecule has 0 fully saturated rings. The third-order valence-corrected chi connectivity index (χ3v) is 5.57. The van der Waals surface area contributed by atoms with Crippen molar-refractivity contribution in [2.45, 2.75) is 11.3 Å². The average molecular weight is 459 g/mol. The van der Waals surface area contributed by atoms with Gasteiger partial charge < -0.3 is 5.32 Å². The zero-order chi connectivity index (χ0) is 19.7. The molecule has 0 atom stereocenters. The summed E-state index contributed by atoms with van der Waals surface area (Å²) in [5.41, 5.74) is 3.07. The van der Waals surface area contributed by atoms with E-state index in [9.17, 15) is 8.42 Å². The van der Waals surface area contributed by atoms with Crippen molar-refractivity contribution in [1.82, 2.24) is 14.6 Å². The van der Waals surface area contributed by atoms with E-state index in [1.54, 1.807) is 22.8 Å². The van der Waals surface area contributed by atoms with Gasteiger partial charge in [0.05, 0.1) is 21.3 Å². The third kappa shape index (κ3) is 3.77. The lowest BCUT2D eigenvalue weighted by Crippen LogP contribution is -2.04. The van der Waals surface area contributed by atoms with E-state index >= 15 is 0 Å². The highest BCUT2D eigenvalue weighted by Crippen LogP contribution is 2.27. The quantitative estimate of drug-likeness (QED) is 0.563. The molecule has 0 radical (unpaired) electrons. The summed E-state index contributed by atoms with van der Waals surface area (Å²) in [5.74, 6) is 0.664. The van der Waals surface area contributed by atoms with Crippen LogP contribution in [0, 0.1) is 0 Å². The molecule has 2 N–H and O–H groups in total. The smallest absolute Gasteiger partial charge is 0.294 e. The summed E-state index contributed by atoms with van der Waals surface area (Å²) in [4.78, 5) is 4.54. The lowest BCUT2D eigenvalue weighted by molar-refractivity contribution is 0.483. The van der Waals surface area contributed by atoms with Gasteiger partial charge in [0.25, 0.3) is 10.1 Å². The lowest BCUT2D eigenvalue weighted by Gasteiger charge is -2.11. The Hall–Kier alpha value is -2.75. The first kappa shape index (κ1) is 18.6. The Morgan fingerprint density at radius 2 is 1.96 bits per heavy atom. The topological polar surface area (TPSA) is 96.6 Å². The number of hydrogen-bond donors (Lipinski definition) is 2. The number of nitrogens with one attached hydrogen (secondary N) is 1. The summed E-state index contributed by atoms with van der Waals surface area (Å²) in [7, 11) is -4.23. The van der Waals surface area contributed by atoms with Crippen LogP contribution in [0.25, 0.3) is 11.2 Å². The largest absolute Gasteiger partial charge is 0.340 e. The number of rotatable bonds is 4. The van der Waals surface area contributed by atoms with Crippen molar-refractivity contribution in [2.24, 2.45) is 0 Å². The first-order valence-corrected chi connectivity index (χ1v) is 10.6. The summed E-state index contributed by atoms with van der Waals surface area (Å²) in [5, 5.41) is 7.57. The minimum atomic E-state index is -4.23. The van der Waals surface area contributed by atoms with Gasteiger partial charge in [-0.1, -0.05) is 30.4 Å². The maximum Gasteiger partial charge on any atom is 0.294 e. The van der Waals surface area contributed by atoms with E-state index in [0.717, 1.165) is 22.2 Å². The Morgan fingerprint density at radius 3 is 2.71 bits per heavy atom. The fourth-order valence-electron chi connectivity index (χ4n) is 2.80. The zero-order valence-corrected chi connectivity index (χ0v) is 16.9. The summed E-state index contributed by atoms with van der Waals surface area (Å²) in [6, 6.07) is 7.69. The first-order chi connectivity index (χ1) is 13.4. The van der Waals surface area contributed by atoms with E-state index < -0.39 is 10.1 Å². The molecule has 3 aromatic rings. The Balaban J connectivity index is 1.76. The van der Waals surface area contributed by atoms with Gasteiger partial charge in [-0.25, -0.2) is 4.98 Å². The molecule has 0 saturated heterocycles. The van der Waals surface area contributed by atoms with Crippen LogP contribution in [0.1, 0.15) is 12.1 Å². The maximum absolute atomic E-state index is 11.2. The van der Waals surface area contributed by atoms with Gasteiger partial charge in [-0.05, 0) is 52.2 Å². The van der Waals surface area contributed by atoms with Crippen LogP contribution in [-0.4, -0.2) is 27.6 Å². The number of halogens is 1. The van der Waals surface area contributed by atoms with Crippen LogP contribution in [-0.2, 0) is 10.1 Å². The number of allylic oxidation sites excluding steroid dienone is 6. The fraction of sp³-hybridized carbons (Fsp3) is 0.0526. The van der Waals surface area contributed by atoms with Crippen molar-refractivity contribution < 1.29 is 13.0 Å². The molecular weight excluding hydrogens is 444 g/mol. The summed E-state index contributed by atoms with van der Waals surface area (Å²) in [6.07, 6.45) is 12.6. The Labute approximate surface area is 170 Å². The van der Waals surface area contributed by atoms with E-state index in [1.165, 1.54) is 12.1 Å². The molecule has 2 aromatic heterocycles. The Bertz CT molecular complexity index is 1240. The number of benzene rings is 1. The molecule has 7 nitrogen and oxygen atoms in total. The van der Waals surface area contributed by atoms with Gasteiger partial charge in [0.15, 0.2) is 5.65 Å². The van der Waals surface area contributed by atoms with Crippen LogP contribution >= 0.6 is 15.9 Å². The van der Waals surface area contributed by atoms with Crippen LogP contribution in [0.4, 0.5) is 11.5 Å². The zero-order valence-electron chi connectivity index (χ0n) is 14.4. The van der Waals surface area contributed by atoms with E-state index in [2.05, 4.69) is 38.5 Å². The number of anilines is 2. The fourth-order valence-corrected chi connectivity index (χ4v) is 3.63. The monoisotopic (exact) mass is 458 g/mol. The number of nitrogens with zero attached hydrogens (tertiary/aromatic N) is 3. The van der Waals surface area contributed by atoms with Gasteiger partial charge in [0.1, 0.15) is 5.82 Å². The predicted molar refractivity (Wildman–Crippen MR) is 111 cm³/mol. The van der Waals surface area contributed by atoms with Crippen molar-refractivity contribution in [1.29, 1.82) is 0 Å². The molecule has 0 unspecified atom stereocenters. The summed E-state index contributed by atoms with van der Waals surface area (Å²) < 4.78 is 34.0. The highest BCUT2D eigenvalue weighted by atomic mass is 79.9. The van der Waals surface area contributed by atoms with Crippen molar-refractivity contribution in [2.75, 3.05) is 5.32 Å². The van der Waals surface area contributed by atoms with E-state index in [0.29, 0.717) is 17.2 Å². The molecule has 4 rings (SSSR count). The SMILES string of the molecule is O=S(=O)(O)c1ccc(Nc2cc(C3=CCC=CC=C3)nc3c(Br)cnn23)cc1. The second-order valence-corrected chi connectivity index (χ2v) is 8.34. The highest BCUT2D eigenvalue weighted by Gasteiger charge is 2.13. The standard InChI is InChI=1S/C19H15BrN4O3S/c20-16-12-21-24-18(22-14-7-9-15(10-8-14)28(25,26)27)11-17(23-19(16)24)13-5-3-1-2-4-6-13/h1-3,5-12,22H,4H2,(H,25,26,27). The Morgan fingerprint density at radius 1 is 1.18 bits per heavy atom. The van der Waals surface area contributed by atoms with E-state index in [-0.39, 0.29) is 4.90 Å². The predicted octanol–water partition coefficient (Wildman–Crippen LogP) is 4.38. The first-order valence-electron chi connectivity index (χ1n) is 8.34. The van der Waals surface area contributed by atoms with Crippen molar-refractivity contribution in [3.63, 3.8) is 0 Å². The summed E-state index contributed by atoms with van der Waals surface area (Å²) >= 11 is 3.47. The summed E-state index contributed by atoms with van der Waals surface area (Å²) in [6.45, 7) is 0. The number of hydrogen-bond acceptors (Lipinski definition) is 5. The molecule has 0 saturated carbocycles. The van der Waals surface area contributed by atoms with Crippen LogP contribution in [0.15, 0.2) is 76.3 Å². The van der Waals surface area contributed by atoms with Gasteiger partial charge in [-0.2, -0.15) is 18.0 Å². The molecule has 2 heterocycles. The molecule has 142 valence electrons. The molecule has 0 aliphatic heterocycles. The van der Waals surface area contributed by atoms with Gasteiger partial charge in [-0.3, -0.25) is 4.55 Å². The highest BCUT2D eigenvalue weighted by molar-refractivity contribution is 9.10. The van der Waals surface area contributed by atoms with Crippen LogP contribution in [0.2, 0.25) is 0 Å². The third-order valence-electron chi connectivity index (χ3n) is 4.15. The van der Waals surface area contributed by atoms with Crippen LogP contribution in [0.5, 0.6) is 0 Å². The lowest BCUT2D eigenvalue weighted by atomic mass is 10.1. The molecule has 0 bridgehead atoms. The van der Waals surface area contributed by atoms with Crippen molar-refractivity contribution >= 4 is 48.8 Å². The number of aromatic nitrogens is 3. The second kappa shape index (κ2) is 7.34.